The number of aliphatic hydroxyl groups is 1. The molecule has 1 unspecified atom stereocenters. The summed E-state index contributed by atoms with van der Waals surface area (Å²) >= 11 is 9.69. The van der Waals surface area contributed by atoms with Gasteiger partial charge < -0.3 is 5.11 Å². The van der Waals surface area contributed by atoms with Gasteiger partial charge in [-0.15, -0.1) is 0 Å². The van der Waals surface area contributed by atoms with Crippen LogP contribution in [0.2, 0.25) is 5.02 Å². The third-order valence-corrected chi connectivity index (χ3v) is 4.05. The molecule has 5 heteroatoms. The summed E-state index contributed by atoms with van der Waals surface area (Å²) in [6.45, 7) is 2.02. The third kappa shape index (κ3) is 3.19. The molecule has 0 aliphatic rings. The van der Waals surface area contributed by atoms with E-state index in [9.17, 15) is 5.11 Å². The zero-order valence-electron chi connectivity index (χ0n) is 10.9. The van der Waals surface area contributed by atoms with Crippen LogP contribution in [0.5, 0.6) is 0 Å². The highest BCUT2D eigenvalue weighted by atomic mass is 79.9. The predicted molar refractivity (Wildman–Crippen MR) is 80.4 cm³/mol. The van der Waals surface area contributed by atoms with E-state index in [4.69, 9.17) is 11.6 Å². The van der Waals surface area contributed by atoms with Gasteiger partial charge in [-0.25, -0.2) is 0 Å². The van der Waals surface area contributed by atoms with Crippen LogP contribution in [0.25, 0.3) is 0 Å². The Kier molecular flexibility index (Phi) is 4.66. The van der Waals surface area contributed by atoms with Crippen molar-refractivity contribution in [3.63, 3.8) is 0 Å². The minimum atomic E-state index is -0.588. The molecule has 0 radical (unpaired) electrons. The van der Waals surface area contributed by atoms with Gasteiger partial charge in [0.05, 0.1) is 22.5 Å². The summed E-state index contributed by atoms with van der Waals surface area (Å²) in [6.07, 6.45) is 0.661. The largest absolute Gasteiger partial charge is 0.388 e. The Labute approximate surface area is 126 Å². The maximum atomic E-state index is 10.3. The van der Waals surface area contributed by atoms with E-state index in [2.05, 4.69) is 21.0 Å². The molecule has 102 valence electrons. The van der Waals surface area contributed by atoms with Crippen molar-refractivity contribution in [2.24, 2.45) is 7.05 Å². The fourth-order valence-corrected chi connectivity index (χ4v) is 2.84. The van der Waals surface area contributed by atoms with Crippen LogP contribution in [0.1, 0.15) is 30.0 Å². The van der Waals surface area contributed by atoms with E-state index < -0.39 is 6.10 Å². The lowest BCUT2D eigenvalue weighted by Gasteiger charge is -2.12. The average Bonchev–Trinajstić information content (AvgIpc) is 2.66. The summed E-state index contributed by atoms with van der Waals surface area (Å²) in [5.74, 6) is 0. The summed E-state index contributed by atoms with van der Waals surface area (Å²) in [7, 11) is 1.86. The van der Waals surface area contributed by atoms with Gasteiger partial charge in [-0.05, 0) is 24.1 Å². The van der Waals surface area contributed by atoms with E-state index in [0.717, 1.165) is 27.8 Å². The lowest BCUT2D eigenvalue weighted by atomic mass is 10.0. The van der Waals surface area contributed by atoms with Crippen molar-refractivity contribution in [2.75, 3.05) is 0 Å². The molecule has 0 amide bonds. The number of benzene rings is 1. The molecule has 1 N–H and O–H groups in total. The molecule has 0 bridgehead atoms. The number of aromatic nitrogens is 2. The van der Waals surface area contributed by atoms with Crippen LogP contribution in [0.15, 0.2) is 28.7 Å². The Morgan fingerprint density at radius 3 is 2.79 bits per heavy atom. The van der Waals surface area contributed by atoms with E-state index >= 15 is 0 Å². The minimum Gasteiger partial charge on any atom is -0.388 e. The Bertz CT molecular complexity index is 583. The van der Waals surface area contributed by atoms with E-state index in [-0.39, 0.29) is 0 Å². The van der Waals surface area contributed by atoms with Crippen LogP contribution in [-0.2, 0) is 19.9 Å². The quantitative estimate of drug-likeness (QED) is 0.919. The maximum absolute atomic E-state index is 10.3. The SMILES string of the molecule is CCc1nn(C)c(CC(O)c2cccc(Br)c2)c1Cl. The molecule has 0 saturated heterocycles. The van der Waals surface area contributed by atoms with E-state index in [1.165, 1.54) is 0 Å². The van der Waals surface area contributed by atoms with Crippen LogP contribution in [0.3, 0.4) is 0 Å². The monoisotopic (exact) mass is 342 g/mol. The summed E-state index contributed by atoms with van der Waals surface area (Å²) < 4.78 is 2.71. The fourth-order valence-electron chi connectivity index (χ4n) is 2.06. The number of hydrogen-bond acceptors (Lipinski definition) is 2. The first kappa shape index (κ1) is 14.6. The van der Waals surface area contributed by atoms with Crippen LogP contribution in [0, 0.1) is 0 Å². The molecule has 2 aromatic rings. The molecule has 1 aromatic heterocycles. The predicted octanol–water partition coefficient (Wildman–Crippen LogP) is 3.67. The van der Waals surface area contributed by atoms with E-state index in [1.54, 1.807) is 4.68 Å². The van der Waals surface area contributed by atoms with Crippen molar-refractivity contribution in [3.05, 3.63) is 50.7 Å². The van der Waals surface area contributed by atoms with Crippen molar-refractivity contribution in [1.29, 1.82) is 0 Å². The Morgan fingerprint density at radius 2 is 2.21 bits per heavy atom. The fraction of sp³-hybridized carbons (Fsp3) is 0.357. The van der Waals surface area contributed by atoms with Gasteiger partial charge in [0.25, 0.3) is 0 Å². The van der Waals surface area contributed by atoms with Crippen molar-refractivity contribution in [2.45, 2.75) is 25.9 Å². The van der Waals surface area contributed by atoms with Crippen molar-refractivity contribution < 1.29 is 5.11 Å². The number of hydrogen-bond donors (Lipinski definition) is 1. The van der Waals surface area contributed by atoms with Gasteiger partial charge in [0.15, 0.2) is 0 Å². The normalized spacial score (nSPS) is 12.7. The molecule has 3 nitrogen and oxygen atoms in total. The van der Waals surface area contributed by atoms with Crippen LogP contribution < -0.4 is 0 Å². The standard InChI is InChI=1S/C14H16BrClN2O/c1-3-11-14(16)12(18(2)17-11)8-13(19)9-5-4-6-10(15)7-9/h4-7,13,19H,3,8H2,1-2H3. The first-order valence-electron chi connectivity index (χ1n) is 6.16. The first-order valence-corrected chi connectivity index (χ1v) is 7.33. The number of nitrogens with zero attached hydrogens (tertiary/aromatic N) is 2. The van der Waals surface area contributed by atoms with Gasteiger partial charge in [0.2, 0.25) is 0 Å². The maximum Gasteiger partial charge on any atom is 0.0850 e. The lowest BCUT2D eigenvalue weighted by Crippen LogP contribution is -2.06. The first-order chi connectivity index (χ1) is 9.02. The molecule has 0 aliphatic heterocycles. The van der Waals surface area contributed by atoms with Crippen molar-refractivity contribution in [1.82, 2.24) is 9.78 Å². The number of aliphatic hydroxyl groups excluding tert-OH is 1. The highest BCUT2D eigenvalue weighted by Crippen LogP contribution is 2.27. The average molecular weight is 344 g/mol. The molecule has 1 atom stereocenters. The topological polar surface area (TPSA) is 38.0 Å². The van der Waals surface area contributed by atoms with Gasteiger partial charge in [0.1, 0.15) is 0 Å². The van der Waals surface area contributed by atoms with Gasteiger partial charge in [-0.2, -0.15) is 5.10 Å². The van der Waals surface area contributed by atoms with Crippen LogP contribution in [0.4, 0.5) is 0 Å². The second kappa shape index (κ2) is 6.07. The molecule has 0 spiro atoms. The lowest BCUT2D eigenvalue weighted by molar-refractivity contribution is 0.176. The van der Waals surface area contributed by atoms with Gasteiger partial charge >= 0.3 is 0 Å². The second-order valence-electron chi connectivity index (χ2n) is 4.46. The summed E-state index contributed by atoms with van der Waals surface area (Å²) in [5, 5.41) is 15.3. The molecule has 1 heterocycles. The number of halogens is 2. The second-order valence-corrected chi connectivity index (χ2v) is 5.75. The molecule has 0 aliphatic carbocycles. The molecule has 0 fully saturated rings. The number of rotatable bonds is 4. The van der Waals surface area contributed by atoms with Crippen LogP contribution in [-0.4, -0.2) is 14.9 Å². The van der Waals surface area contributed by atoms with Crippen LogP contribution >= 0.6 is 27.5 Å². The van der Waals surface area contributed by atoms with E-state index in [0.29, 0.717) is 11.4 Å². The summed E-state index contributed by atoms with van der Waals surface area (Å²) in [6, 6.07) is 7.66. The van der Waals surface area contributed by atoms with E-state index in [1.807, 2.05) is 38.2 Å². The molecule has 2 rings (SSSR count). The highest BCUT2D eigenvalue weighted by molar-refractivity contribution is 9.10. The Morgan fingerprint density at radius 1 is 1.47 bits per heavy atom. The molecular weight excluding hydrogens is 328 g/mol. The Balaban J connectivity index is 2.24. The highest BCUT2D eigenvalue weighted by Gasteiger charge is 2.17. The zero-order chi connectivity index (χ0) is 14.0. The zero-order valence-corrected chi connectivity index (χ0v) is 13.2. The number of aryl methyl sites for hydroxylation is 2. The van der Waals surface area contributed by atoms with Crippen molar-refractivity contribution >= 4 is 27.5 Å². The van der Waals surface area contributed by atoms with Gasteiger partial charge in [-0.3, -0.25) is 4.68 Å². The smallest absolute Gasteiger partial charge is 0.0850 e. The summed E-state index contributed by atoms with van der Waals surface area (Å²) in [5.41, 5.74) is 2.61. The summed E-state index contributed by atoms with van der Waals surface area (Å²) in [4.78, 5) is 0. The molecule has 19 heavy (non-hydrogen) atoms. The Hall–Kier alpha value is -0.840. The molecule has 0 saturated carbocycles. The van der Waals surface area contributed by atoms with Gasteiger partial charge in [0, 0.05) is 17.9 Å². The third-order valence-electron chi connectivity index (χ3n) is 3.12. The van der Waals surface area contributed by atoms with Crippen molar-refractivity contribution in [3.8, 4) is 0 Å². The molecule has 1 aromatic carbocycles. The minimum absolute atomic E-state index is 0.457. The van der Waals surface area contributed by atoms with Gasteiger partial charge in [-0.1, -0.05) is 46.6 Å². The molecular formula is C14H16BrClN2O.